The van der Waals surface area contributed by atoms with E-state index < -0.39 is 0 Å². The minimum atomic E-state index is -0.322. The molecule has 0 spiro atoms. The summed E-state index contributed by atoms with van der Waals surface area (Å²) in [5.74, 6) is 0.563. The quantitative estimate of drug-likeness (QED) is 0.709. The van der Waals surface area contributed by atoms with Gasteiger partial charge in [-0.15, -0.1) is 0 Å². The van der Waals surface area contributed by atoms with Crippen LogP contribution in [0.2, 0.25) is 0 Å². The second kappa shape index (κ2) is 8.43. The summed E-state index contributed by atoms with van der Waals surface area (Å²) in [6, 6.07) is 16.4. The Hall–Kier alpha value is -3.24. The number of hydrogen-bond acceptors (Lipinski definition) is 6. The van der Waals surface area contributed by atoms with E-state index in [1.54, 1.807) is 24.3 Å². The molecule has 0 bridgehead atoms. The van der Waals surface area contributed by atoms with E-state index in [1.165, 1.54) is 12.0 Å². The van der Waals surface area contributed by atoms with Crippen LogP contribution in [0.1, 0.15) is 11.1 Å². The van der Waals surface area contributed by atoms with E-state index in [0.29, 0.717) is 22.0 Å². The maximum absolute atomic E-state index is 12.6. The van der Waals surface area contributed by atoms with E-state index in [-0.39, 0.29) is 24.3 Å². The first kappa shape index (κ1) is 18.5. The highest BCUT2D eigenvalue weighted by Gasteiger charge is 2.34. The molecule has 3 rings (SSSR count). The summed E-state index contributed by atoms with van der Waals surface area (Å²) in [6.07, 6.45) is 1.65. The Morgan fingerprint density at radius 2 is 1.93 bits per heavy atom. The fourth-order valence-corrected chi connectivity index (χ4v) is 3.40. The average molecular weight is 380 g/mol. The Balaban J connectivity index is 1.80. The number of carbonyl (C=O) groups excluding carboxylic acids is 2. The fourth-order valence-electron chi connectivity index (χ4n) is 2.56. The van der Waals surface area contributed by atoms with Gasteiger partial charge in [0.2, 0.25) is 0 Å². The smallest absolute Gasteiger partial charge is 0.293 e. The van der Waals surface area contributed by atoms with Gasteiger partial charge in [-0.1, -0.05) is 36.4 Å². The molecule has 0 radical (unpaired) electrons. The summed E-state index contributed by atoms with van der Waals surface area (Å²) in [5, 5.41) is 8.32. The average Bonchev–Trinajstić information content (AvgIpc) is 2.95. The Labute approximate surface area is 161 Å². The van der Waals surface area contributed by atoms with Gasteiger partial charge in [0.25, 0.3) is 11.1 Å². The number of methoxy groups -OCH3 is 1. The molecule has 1 aliphatic heterocycles. The number of nitrogens with zero attached hydrogens (tertiary/aromatic N) is 2. The summed E-state index contributed by atoms with van der Waals surface area (Å²) >= 11 is 0.911. The van der Waals surface area contributed by atoms with Crippen LogP contribution in [-0.2, 0) is 11.3 Å². The molecule has 0 aliphatic carbocycles. The molecule has 2 aromatic carbocycles. The van der Waals surface area contributed by atoms with Crippen molar-refractivity contribution in [2.45, 2.75) is 6.54 Å². The number of imide groups is 1. The van der Waals surface area contributed by atoms with Gasteiger partial charge < -0.3 is 9.47 Å². The molecule has 6 nitrogen and oxygen atoms in total. The first-order valence-corrected chi connectivity index (χ1v) is 8.91. The lowest BCUT2D eigenvalue weighted by Crippen LogP contribution is -2.27. The van der Waals surface area contributed by atoms with E-state index in [9.17, 15) is 9.59 Å². The molecule has 1 heterocycles. The third-order valence-electron chi connectivity index (χ3n) is 3.83. The van der Waals surface area contributed by atoms with Crippen molar-refractivity contribution in [2.75, 3.05) is 13.7 Å². The zero-order valence-electron chi connectivity index (χ0n) is 14.5. The number of carbonyl (C=O) groups is 2. The number of ether oxygens (including phenoxy) is 2. The van der Waals surface area contributed by atoms with Crippen molar-refractivity contribution in [3.63, 3.8) is 0 Å². The zero-order chi connectivity index (χ0) is 19.2. The molecule has 1 aliphatic rings. The number of thioether (sulfide) groups is 1. The molecule has 2 aromatic rings. The van der Waals surface area contributed by atoms with E-state index >= 15 is 0 Å². The molecule has 0 saturated carbocycles. The standard InChI is InChI=1S/C20H16N2O4S/c1-25-17-11-15(7-8-16(17)26-10-9-21)12-18-19(23)22(20(24)27-18)13-14-5-3-2-4-6-14/h2-8,11-12H,10,13H2,1H3. The van der Waals surface area contributed by atoms with Gasteiger partial charge >= 0.3 is 0 Å². The maximum Gasteiger partial charge on any atom is 0.293 e. The number of rotatable bonds is 6. The van der Waals surface area contributed by atoms with Crippen molar-refractivity contribution in [3.8, 4) is 17.6 Å². The van der Waals surface area contributed by atoms with Crippen LogP contribution in [0.25, 0.3) is 6.08 Å². The van der Waals surface area contributed by atoms with Crippen molar-refractivity contribution in [3.05, 3.63) is 64.6 Å². The minimum absolute atomic E-state index is 0.0892. The highest BCUT2D eigenvalue weighted by molar-refractivity contribution is 8.18. The van der Waals surface area contributed by atoms with Crippen LogP contribution in [0, 0.1) is 11.3 Å². The van der Waals surface area contributed by atoms with Crippen molar-refractivity contribution in [1.29, 1.82) is 5.26 Å². The van der Waals surface area contributed by atoms with Gasteiger partial charge in [0.15, 0.2) is 18.1 Å². The molecule has 0 atom stereocenters. The summed E-state index contributed by atoms with van der Waals surface area (Å²) in [5.41, 5.74) is 1.59. The molecule has 27 heavy (non-hydrogen) atoms. The second-order valence-electron chi connectivity index (χ2n) is 5.61. The molecular weight excluding hydrogens is 364 g/mol. The van der Waals surface area contributed by atoms with Crippen LogP contribution in [0.5, 0.6) is 11.5 Å². The molecule has 0 N–H and O–H groups in total. The van der Waals surface area contributed by atoms with Gasteiger partial charge in [0.1, 0.15) is 6.07 Å². The molecule has 2 amide bonds. The van der Waals surface area contributed by atoms with Gasteiger partial charge in [0, 0.05) is 0 Å². The first-order valence-electron chi connectivity index (χ1n) is 8.09. The SMILES string of the molecule is COc1cc(C=C2SC(=O)N(Cc3ccccc3)C2=O)ccc1OCC#N. The Morgan fingerprint density at radius 3 is 2.63 bits per heavy atom. The van der Waals surface area contributed by atoms with Crippen LogP contribution in [0.15, 0.2) is 53.4 Å². The Bertz CT molecular complexity index is 935. The van der Waals surface area contributed by atoms with Crippen molar-refractivity contribution in [1.82, 2.24) is 4.90 Å². The lowest BCUT2D eigenvalue weighted by molar-refractivity contribution is -0.123. The fraction of sp³-hybridized carbons (Fsp3) is 0.150. The molecule has 0 aromatic heterocycles. The number of benzene rings is 2. The van der Waals surface area contributed by atoms with Crippen LogP contribution in [0.3, 0.4) is 0 Å². The number of nitriles is 1. The highest BCUT2D eigenvalue weighted by atomic mass is 32.2. The van der Waals surface area contributed by atoms with Crippen molar-refractivity contribution in [2.24, 2.45) is 0 Å². The lowest BCUT2D eigenvalue weighted by Gasteiger charge is -2.12. The van der Waals surface area contributed by atoms with E-state index in [0.717, 1.165) is 17.3 Å². The van der Waals surface area contributed by atoms with Gasteiger partial charge in [-0.05, 0) is 41.1 Å². The van der Waals surface area contributed by atoms with Gasteiger partial charge in [-0.3, -0.25) is 14.5 Å². The van der Waals surface area contributed by atoms with Gasteiger partial charge in [-0.25, -0.2) is 0 Å². The molecule has 7 heteroatoms. The van der Waals surface area contributed by atoms with E-state index in [1.807, 2.05) is 36.4 Å². The summed E-state index contributed by atoms with van der Waals surface area (Å²) in [6.45, 7) is 0.154. The third-order valence-corrected chi connectivity index (χ3v) is 4.74. The van der Waals surface area contributed by atoms with Crippen LogP contribution < -0.4 is 9.47 Å². The van der Waals surface area contributed by atoms with Crippen molar-refractivity contribution >= 4 is 29.0 Å². The van der Waals surface area contributed by atoms with Crippen LogP contribution >= 0.6 is 11.8 Å². The first-order chi connectivity index (χ1) is 13.1. The number of amides is 2. The largest absolute Gasteiger partial charge is 0.493 e. The third kappa shape index (κ3) is 4.30. The second-order valence-corrected chi connectivity index (χ2v) is 6.60. The van der Waals surface area contributed by atoms with Gasteiger partial charge in [-0.2, -0.15) is 5.26 Å². The molecule has 1 saturated heterocycles. The Morgan fingerprint density at radius 1 is 1.15 bits per heavy atom. The normalized spacial score (nSPS) is 15.1. The summed E-state index contributed by atoms with van der Waals surface area (Å²) in [4.78, 5) is 26.4. The molecular formula is C20H16N2O4S. The highest BCUT2D eigenvalue weighted by Crippen LogP contribution is 2.35. The topological polar surface area (TPSA) is 79.6 Å². The summed E-state index contributed by atoms with van der Waals surface area (Å²) in [7, 11) is 1.49. The number of hydrogen-bond donors (Lipinski definition) is 0. The van der Waals surface area contributed by atoms with Crippen LogP contribution in [0.4, 0.5) is 4.79 Å². The van der Waals surface area contributed by atoms with E-state index in [4.69, 9.17) is 14.7 Å². The predicted molar refractivity (Wildman–Crippen MR) is 102 cm³/mol. The lowest BCUT2D eigenvalue weighted by atomic mass is 10.1. The zero-order valence-corrected chi connectivity index (χ0v) is 15.4. The molecule has 0 unspecified atom stereocenters. The summed E-state index contributed by atoms with van der Waals surface area (Å²) < 4.78 is 10.5. The van der Waals surface area contributed by atoms with Crippen LogP contribution in [-0.4, -0.2) is 29.8 Å². The molecule has 1 fully saturated rings. The predicted octanol–water partition coefficient (Wildman–Crippen LogP) is 3.83. The van der Waals surface area contributed by atoms with Crippen molar-refractivity contribution < 1.29 is 19.1 Å². The maximum atomic E-state index is 12.6. The minimum Gasteiger partial charge on any atom is -0.493 e. The van der Waals surface area contributed by atoms with E-state index in [2.05, 4.69) is 0 Å². The monoisotopic (exact) mass is 380 g/mol. The van der Waals surface area contributed by atoms with Gasteiger partial charge in [0.05, 0.1) is 18.6 Å². The molecule has 136 valence electrons. The Kier molecular flexibility index (Phi) is 5.79.